The lowest BCUT2D eigenvalue weighted by Gasteiger charge is -2.15. The summed E-state index contributed by atoms with van der Waals surface area (Å²) in [5.41, 5.74) is 2.96. The number of amides is 1. The van der Waals surface area contributed by atoms with E-state index in [1.165, 1.54) is 13.2 Å². The van der Waals surface area contributed by atoms with Gasteiger partial charge < -0.3 is 20.1 Å². The Labute approximate surface area is 192 Å². The fourth-order valence-corrected chi connectivity index (χ4v) is 3.23. The first-order valence-corrected chi connectivity index (χ1v) is 10.6. The molecule has 3 aromatic carbocycles. The van der Waals surface area contributed by atoms with Crippen LogP contribution >= 0.6 is 11.6 Å². The summed E-state index contributed by atoms with van der Waals surface area (Å²) in [5, 5.41) is 6.55. The number of carbonyl (C=O) groups is 1. The van der Waals surface area contributed by atoms with Crippen molar-refractivity contribution in [2.45, 2.75) is 27.0 Å². The molecule has 0 spiro atoms. The zero-order valence-corrected chi connectivity index (χ0v) is 19.0. The molecule has 0 aliphatic carbocycles. The van der Waals surface area contributed by atoms with Crippen molar-refractivity contribution in [1.82, 2.24) is 0 Å². The quantitative estimate of drug-likeness (QED) is 0.398. The summed E-state index contributed by atoms with van der Waals surface area (Å²) < 4.78 is 25.0. The summed E-state index contributed by atoms with van der Waals surface area (Å²) in [7, 11) is 1.53. The summed E-state index contributed by atoms with van der Waals surface area (Å²) in [5.74, 6) is 0.401. The molecule has 5 nitrogen and oxygen atoms in total. The largest absolute Gasteiger partial charge is 0.493 e. The Morgan fingerprint density at radius 3 is 2.41 bits per heavy atom. The molecule has 3 rings (SSSR count). The van der Waals surface area contributed by atoms with E-state index in [1.54, 1.807) is 24.3 Å². The minimum absolute atomic E-state index is 0.0234. The summed E-state index contributed by atoms with van der Waals surface area (Å²) in [6, 6.07) is 17.5. The fraction of sp³-hybridized carbons (Fsp3) is 0.240. The standard InChI is InChI=1S/C25H26ClFN2O3/c1-16(2)25(30)29-20-10-8-19(9-11-20)28-14-17-12-21(26)24(23(13-17)31-3)32-15-18-6-4-5-7-22(18)27/h4-13,16,28H,14-15H2,1-3H3,(H,29,30). The van der Waals surface area contributed by atoms with Crippen molar-refractivity contribution in [2.24, 2.45) is 5.92 Å². The Morgan fingerprint density at radius 1 is 1.06 bits per heavy atom. The van der Waals surface area contributed by atoms with Crippen LogP contribution in [0.3, 0.4) is 0 Å². The molecule has 7 heteroatoms. The van der Waals surface area contributed by atoms with Gasteiger partial charge in [-0.25, -0.2) is 4.39 Å². The molecule has 0 atom stereocenters. The van der Waals surface area contributed by atoms with Gasteiger partial charge >= 0.3 is 0 Å². The highest BCUT2D eigenvalue weighted by atomic mass is 35.5. The Hall–Kier alpha value is -3.25. The van der Waals surface area contributed by atoms with E-state index in [-0.39, 0.29) is 24.2 Å². The molecule has 0 unspecified atom stereocenters. The smallest absolute Gasteiger partial charge is 0.226 e. The maximum Gasteiger partial charge on any atom is 0.226 e. The van der Waals surface area contributed by atoms with Crippen LogP contribution in [0, 0.1) is 11.7 Å². The predicted molar refractivity (Wildman–Crippen MR) is 126 cm³/mol. The van der Waals surface area contributed by atoms with Crippen molar-refractivity contribution in [3.8, 4) is 11.5 Å². The van der Waals surface area contributed by atoms with E-state index in [2.05, 4.69) is 10.6 Å². The van der Waals surface area contributed by atoms with Gasteiger partial charge in [0.15, 0.2) is 11.5 Å². The molecular weight excluding hydrogens is 431 g/mol. The van der Waals surface area contributed by atoms with Gasteiger partial charge in [-0.05, 0) is 48.0 Å². The Kier molecular flexibility index (Phi) is 7.95. The van der Waals surface area contributed by atoms with Crippen molar-refractivity contribution < 1.29 is 18.7 Å². The number of methoxy groups -OCH3 is 1. The van der Waals surface area contributed by atoms with Crippen LogP contribution in [0.2, 0.25) is 5.02 Å². The molecule has 2 N–H and O–H groups in total. The van der Waals surface area contributed by atoms with Crippen molar-refractivity contribution in [1.29, 1.82) is 0 Å². The van der Waals surface area contributed by atoms with Gasteiger partial charge in [0.05, 0.1) is 12.1 Å². The summed E-state index contributed by atoms with van der Waals surface area (Å²) in [6.07, 6.45) is 0. The molecule has 0 saturated heterocycles. The number of carbonyl (C=O) groups excluding carboxylic acids is 1. The Balaban J connectivity index is 1.64. The minimum atomic E-state index is -0.335. The lowest BCUT2D eigenvalue weighted by atomic mass is 10.1. The van der Waals surface area contributed by atoms with Crippen molar-refractivity contribution in [2.75, 3.05) is 17.7 Å². The first kappa shape index (κ1) is 23.4. The average molecular weight is 457 g/mol. The van der Waals surface area contributed by atoms with Gasteiger partial charge in [-0.1, -0.05) is 43.6 Å². The first-order valence-electron chi connectivity index (χ1n) is 10.2. The van der Waals surface area contributed by atoms with E-state index >= 15 is 0 Å². The van der Waals surface area contributed by atoms with Crippen molar-refractivity contribution in [3.63, 3.8) is 0 Å². The molecule has 0 heterocycles. The van der Waals surface area contributed by atoms with Gasteiger partial charge in [-0.3, -0.25) is 4.79 Å². The molecule has 168 valence electrons. The van der Waals surface area contributed by atoms with Crippen LogP contribution in [0.25, 0.3) is 0 Å². The maximum atomic E-state index is 13.9. The van der Waals surface area contributed by atoms with E-state index < -0.39 is 0 Å². The molecule has 1 amide bonds. The highest BCUT2D eigenvalue weighted by molar-refractivity contribution is 6.32. The molecule has 0 aromatic heterocycles. The number of ether oxygens (including phenoxy) is 2. The number of benzene rings is 3. The van der Waals surface area contributed by atoms with Gasteiger partial charge in [0.2, 0.25) is 5.91 Å². The van der Waals surface area contributed by atoms with Crippen LogP contribution in [-0.4, -0.2) is 13.0 Å². The van der Waals surface area contributed by atoms with Gasteiger partial charge in [0.25, 0.3) is 0 Å². The molecular formula is C25H26ClFN2O3. The van der Waals surface area contributed by atoms with Crippen LogP contribution in [0.5, 0.6) is 11.5 Å². The van der Waals surface area contributed by atoms with Gasteiger partial charge in [-0.2, -0.15) is 0 Å². The zero-order chi connectivity index (χ0) is 23.1. The predicted octanol–water partition coefficient (Wildman–Crippen LogP) is 6.27. The van der Waals surface area contributed by atoms with Crippen LogP contribution in [-0.2, 0) is 17.9 Å². The van der Waals surface area contributed by atoms with Crippen LogP contribution in [0.4, 0.5) is 15.8 Å². The first-order chi connectivity index (χ1) is 15.4. The maximum absolute atomic E-state index is 13.9. The molecule has 32 heavy (non-hydrogen) atoms. The van der Waals surface area contributed by atoms with Gasteiger partial charge in [-0.15, -0.1) is 0 Å². The third-order valence-corrected chi connectivity index (χ3v) is 5.07. The van der Waals surface area contributed by atoms with Crippen molar-refractivity contribution >= 4 is 28.9 Å². The second-order valence-corrected chi connectivity index (χ2v) is 7.97. The SMILES string of the molecule is COc1cc(CNc2ccc(NC(=O)C(C)C)cc2)cc(Cl)c1OCc1ccccc1F. The van der Waals surface area contributed by atoms with E-state index in [1.807, 2.05) is 44.2 Å². The van der Waals surface area contributed by atoms with Gasteiger partial charge in [0, 0.05) is 29.4 Å². The normalized spacial score (nSPS) is 10.7. The topological polar surface area (TPSA) is 59.6 Å². The molecule has 0 aliphatic rings. The number of halogens is 2. The highest BCUT2D eigenvalue weighted by Crippen LogP contribution is 2.37. The number of anilines is 2. The minimum Gasteiger partial charge on any atom is -0.493 e. The van der Waals surface area contributed by atoms with E-state index in [9.17, 15) is 9.18 Å². The lowest BCUT2D eigenvalue weighted by Crippen LogP contribution is -2.17. The second-order valence-electron chi connectivity index (χ2n) is 7.56. The highest BCUT2D eigenvalue weighted by Gasteiger charge is 2.14. The molecule has 0 radical (unpaired) electrons. The van der Waals surface area contributed by atoms with E-state index in [4.69, 9.17) is 21.1 Å². The van der Waals surface area contributed by atoms with Crippen molar-refractivity contribution in [3.05, 3.63) is 82.6 Å². The zero-order valence-electron chi connectivity index (χ0n) is 18.2. The average Bonchev–Trinajstić information content (AvgIpc) is 2.78. The number of hydrogen-bond donors (Lipinski definition) is 2. The Bertz CT molecular complexity index is 1070. The third-order valence-electron chi connectivity index (χ3n) is 4.79. The second kappa shape index (κ2) is 10.9. The van der Waals surface area contributed by atoms with Gasteiger partial charge in [0.1, 0.15) is 12.4 Å². The molecule has 0 saturated carbocycles. The third kappa shape index (κ3) is 6.14. The lowest BCUT2D eigenvalue weighted by molar-refractivity contribution is -0.118. The summed E-state index contributed by atoms with van der Waals surface area (Å²) in [6.45, 7) is 4.24. The molecule has 0 bridgehead atoms. The van der Waals surface area contributed by atoms with Crippen LogP contribution in [0.1, 0.15) is 25.0 Å². The number of rotatable bonds is 9. The van der Waals surface area contributed by atoms with Crippen LogP contribution < -0.4 is 20.1 Å². The molecule has 3 aromatic rings. The molecule has 0 aliphatic heterocycles. The number of hydrogen-bond acceptors (Lipinski definition) is 4. The van der Waals surface area contributed by atoms with E-state index in [0.29, 0.717) is 28.6 Å². The van der Waals surface area contributed by atoms with Crippen LogP contribution in [0.15, 0.2) is 60.7 Å². The molecule has 0 fully saturated rings. The summed E-state index contributed by atoms with van der Waals surface area (Å²) >= 11 is 6.43. The van der Waals surface area contributed by atoms with E-state index in [0.717, 1.165) is 16.9 Å². The summed E-state index contributed by atoms with van der Waals surface area (Å²) in [4.78, 5) is 11.8. The monoisotopic (exact) mass is 456 g/mol. The Morgan fingerprint density at radius 2 is 1.75 bits per heavy atom. The number of nitrogens with one attached hydrogen (secondary N) is 2. The fourth-order valence-electron chi connectivity index (χ4n) is 2.94.